The Labute approximate surface area is 90.0 Å². The van der Waals surface area contributed by atoms with Crippen LogP contribution in [0.4, 0.5) is 0 Å². The molecule has 1 heterocycles. The van der Waals surface area contributed by atoms with Crippen molar-refractivity contribution >= 4 is 10.0 Å². The van der Waals surface area contributed by atoms with Gasteiger partial charge in [-0.1, -0.05) is 0 Å². The highest BCUT2D eigenvalue weighted by atomic mass is 32.2. The molecule has 0 aromatic carbocycles. The van der Waals surface area contributed by atoms with E-state index in [1.807, 2.05) is 6.92 Å². The van der Waals surface area contributed by atoms with Gasteiger partial charge in [0.2, 0.25) is 10.0 Å². The number of nitrogens with one attached hydrogen (secondary N) is 2. The topological polar surface area (TPSA) is 71.1 Å². The van der Waals surface area contributed by atoms with E-state index in [4.69, 9.17) is 0 Å². The number of pyridine rings is 1. The molecular weight excluding hydrogens is 214 g/mol. The second kappa shape index (κ2) is 5.20. The molecule has 0 saturated heterocycles. The van der Waals surface area contributed by atoms with E-state index >= 15 is 0 Å². The zero-order valence-corrected chi connectivity index (χ0v) is 9.58. The van der Waals surface area contributed by atoms with Gasteiger partial charge < -0.3 is 5.32 Å². The Bertz CT molecular complexity index is 391. The maximum absolute atomic E-state index is 11.7. The second-order valence-corrected chi connectivity index (χ2v) is 5.00. The predicted octanol–water partition coefficient (Wildman–Crippen LogP) is -0.0322. The standard InChI is InChI=1S/C9H15N3O2S/c1-8(10-2)6-12-15(13,14)9-4-3-5-11-7-9/h3-5,7-8,10,12H,6H2,1-2H3. The molecule has 2 N–H and O–H groups in total. The van der Waals surface area contributed by atoms with E-state index in [1.165, 1.54) is 18.5 Å². The molecule has 0 aliphatic carbocycles. The molecule has 0 saturated carbocycles. The summed E-state index contributed by atoms with van der Waals surface area (Å²) in [5.74, 6) is 0. The fourth-order valence-electron chi connectivity index (χ4n) is 0.926. The van der Waals surface area contributed by atoms with Crippen LogP contribution in [0.5, 0.6) is 0 Å². The zero-order chi connectivity index (χ0) is 11.3. The smallest absolute Gasteiger partial charge is 0.242 e. The van der Waals surface area contributed by atoms with Crippen molar-refractivity contribution in [1.82, 2.24) is 15.0 Å². The first-order valence-corrected chi connectivity index (χ1v) is 6.11. The minimum Gasteiger partial charge on any atom is -0.316 e. The van der Waals surface area contributed by atoms with Crippen molar-refractivity contribution in [3.05, 3.63) is 24.5 Å². The van der Waals surface area contributed by atoms with Gasteiger partial charge in [-0.2, -0.15) is 0 Å². The molecule has 6 heteroatoms. The molecule has 0 bridgehead atoms. The molecule has 0 aliphatic rings. The summed E-state index contributed by atoms with van der Waals surface area (Å²) in [6.45, 7) is 2.25. The van der Waals surface area contributed by atoms with Crippen molar-refractivity contribution in [2.45, 2.75) is 17.9 Å². The largest absolute Gasteiger partial charge is 0.316 e. The summed E-state index contributed by atoms with van der Waals surface area (Å²) in [5.41, 5.74) is 0. The van der Waals surface area contributed by atoms with Crippen molar-refractivity contribution in [1.29, 1.82) is 0 Å². The Morgan fingerprint density at radius 3 is 2.80 bits per heavy atom. The van der Waals surface area contributed by atoms with Gasteiger partial charge in [0.1, 0.15) is 4.90 Å². The molecule has 0 aliphatic heterocycles. The number of nitrogens with zero attached hydrogens (tertiary/aromatic N) is 1. The van der Waals surface area contributed by atoms with Crippen LogP contribution in [-0.4, -0.2) is 33.0 Å². The highest BCUT2D eigenvalue weighted by molar-refractivity contribution is 7.89. The number of hydrogen-bond donors (Lipinski definition) is 2. The lowest BCUT2D eigenvalue weighted by Gasteiger charge is -2.11. The van der Waals surface area contributed by atoms with E-state index in [1.54, 1.807) is 13.1 Å². The van der Waals surface area contributed by atoms with Crippen LogP contribution in [0.15, 0.2) is 29.4 Å². The van der Waals surface area contributed by atoms with Crippen molar-refractivity contribution in [2.75, 3.05) is 13.6 Å². The van der Waals surface area contributed by atoms with Crippen LogP contribution in [0.25, 0.3) is 0 Å². The molecular formula is C9H15N3O2S. The molecule has 1 atom stereocenters. The zero-order valence-electron chi connectivity index (χ0n) is 8.77. The van der Waals surface area contributed by atoms with Crippen molar-refractivity contribution in [2.24, 2.45) is 0 Å². The van der Waals surface area contributed by atoms with Crippen molar-refractivity contribution < 1.29 is 8.42 Å². The van der Waals surface area contributed by atoms with Gasteiger partial charge in [-0.05, 0) is 26.1 Å². The van der Waals surface area contributed by atoms with Crippen molar-refractivity contribution in [3.8, 4) is 0 Å². The number of rotatable bonds is 5. The fourth-order valence-corrected chi connectivity index (χ4v) is 2.02. The minimum absolute atomic E-state index is 0.0939. The van der Waals surface area contributed by atoms with E-state index in [-0.39, 0.29) is 10.9 Å². The van der Waals surface area contributed by atoms with Gasteiger partial charge in [-0.3, -0.25) is 4.98 Å². The molecule has 1 rings (SSSR count). The third-order valence-corrected chi connectivity index (χ3v) is 3.43. The van der Waals surface area contributed by atoms with Crippen LogP contribution in [0.1, 0.15) is 6.92 Å². The Morgan fingerprint density at radius 2 is 2.27 bits per heavy atom. The highest BCUT2D eigenvalue weighted by Gasteiger charge is 2.13. The number of aromatic nitrogens is 1. The van der Waals surface area contributed by atoms with E-state index in [2.05, 4.69) is 15.0 Å². The molecule has 84 valence electrons. The summed E-state index contributed by atoms with van der Waals surface area (Å²) in [6, 6.07) is 3.20. The lowest BCUT2D eigenvalue weighted by molar-refractivity contribution is 0.554. The first-order valence-electron chi connectivity index (χ1n) is 4.63. The molecule has 1 aromatic rings. The van der Waals surface area contributed by atoms with Crippen molar-refractivity contribution in [3.63, 3.8) is 0 Å². The fraction of sp³-hybridized carbons (Fsp3) is 0.444. The Hall–Kier alpha value is -0.980. The minimum atomic E-state index is -3.42. The second-order valence-electron chi connectivity index (χ2n) is 3.23. The summed E-state index contributed by atoms with van der Waals surface area (Å²) in [4.78, 5) is 3.95. The predicted molar refractivity (Wildman–Crippen MR) is 57.9 cm³/mol. The third-order valence-electron chi connectivity index (χ3n) is 2.02. The monoisotopic (exact) mass is 229 g/mol. The van der Waals surface area contributed by atoms with Crippen LogP contribution >= 0.6 is 0 Å². The number of likely N-dealkylation sites (N-methyl/N-ethyl adjacent to an activating group) is 1. The van der Waals surface area contributed by atoms with Crippen LogP contribution in [-0.2, 0) is 10.0 Å². The van der Waals surface area contributed by atoms with E-state index in [0.717, 1.165) is 0 Å². The Morgan fingerprint density at radius 1 is 1.53 bits per heavy atom. The van der Waals surface area contributed by atoms with Crippen LogP contribution in [0, 0.1) is 0 Å². The highest BCUT2D eigenvalue weighted by Crippen LogP contribution is 2.04. The molecule has 0 amide bonds. The van der Waals surface area contributed by atoms with Gasteiger partial charge in [0.25, 0.3) is 0 Å². The molecule has 1 aromatic heterocycles. The van der Waals surface area contributed by atoms with Gasteiger partial charge in [-0.15, -0.1) is 0 Å². The van der Waals surface area contributed by atoms with Crippen LogP contribution in [0.3, 0.4) is 0 Å². The molecule has 15 heavy (non-hydrogen) atoms. The maximum Gasteiger partial charge on any atom is 0.242 e. The van der Waals surface area contributed by atoms with Gasteiger partial charge >= 0.3 is 0 Å². The lowest BCUT2D eigenvalue weighted by atomic mass is 10.4. The maximum atomic E-state index is 11.7. The van der Waals surface area contributed by atoms with Crippen LogP contribution < -0.4 is 10.0 Å². The summed E-state index contributed by atoms with van der Waals surface area (Å²) in [6.07, 6.45) is 2.86. The first kappa shape index (κ1) is 12.1. The Balaban J connectivity index is 2.69. The first-order chi connectivity index (χ1) is 7.06. The average molecular weight is 229 g/mol. The van der Waals surface area contributed by atoms with E-state index in [0.29, 0.717) is 6.54 Å². The van der Waals surface area contributed by atoms with E-state index in [9.17, 15) is 8.42 Å². The SMILES string of the molecule is CNC(C)CNS(=O)(=O)c1cccnc1. The van der Waals surface area contributed by atoms with E-state index < -0.39 is 10.0 Å². The molecule has 1 unspecified atom stereocenters. The Kier molecular flexibility index (Phi) is 4.19. The third kappa shape index (κ3) is 3.58. The number of hydrogen-bond acceptors (Lipinski definition) is 4. The van der Waals surface area contributed by atoms with Gasteiger partial charge in [0.05, 0.1) is 0 Å². The molecule has 0 radical (unpaired) electrons. The average Bonchev–Trinajstić information content (AvgIpc) is 2.27. The van der Waals surface area contributed by atoms with Crippen LogP contribution in [0.2, 0.25) is 0 Å². The van der Waals surface area contributed by atoms with Gasteiger partial charge in [-0.25, -0.2) is 13.1 Å². The molecule has 0 fully saturated rings. The summed E-state index contributed by atoms with van der Waals surface area (Å²) >= 11 is 0. The number of sulfonamides is 1. The normalized spacial score (nSPS) is 13.7. The quantitative estimate of drug-likeness (QED) is 0.743. The summed E-state index contributed by atoms with van der Waals surface area (Å²) in [5, 5.41) is 2.95. The molecule has 0 spiro atoms. The molecule has 5 nitrogen and oxygen atoms in total. The lowest BCUT2D eigenvalue weighted by Crippen LogP contribution is -2.37. The summed E-state index contributed by atoms with van der Waals surface area (Å²) in [7, 11) is -1.64. The van der Waals surface area contributed by atoms with Gasteiger partial charge in [0.15, 0.2) is 0 Å². The van der Waals surface area contributed by atoms with Gasteiger partial charge in [0, 0.05) is 25.0 Å². The summed E-state index contributed by atoms with van der Waals surface area (Å²) < 4.78 is 25.8.